The van der Waals surface area contributed by atoms with E-state index in [1.807, 2.05) is 24.3 Å². The first-order valence-electron chi connectivity index (χ1n) is 7.15. The monoisotopic (exact) mass is 337 g/mol. The minimum absolute atomic E-state index is 0.422. The maximum Gasteiger partial charge on any atom is 0.100 e. The Balaban J connectivity index is 1.68. The smallest absolute Gasteiger partial charge is 0.100 e. The molecule has 0 aliphatic rings. The summed E-state index contributed by atoms with van der Waals surface area (Å²) in [5.74, 6) is 6.18. The molecule has 23 heavy (non-hydrogen) atoms. The van der Waals surface area contributed by atoms with Crippen molar-refractivity contribution in [2.24, 2.45) is 4.99 Å². The standard InChI is InChI=1S/C20H13Cl2N/c21-19-10-9-18(20(22)13-19)14-23-11-3-4-15-7-8-16-5-1-2-6-17(16)12-15/h1-2,5-10,12-14H,11H2. The van der Waals surface area contributed by atoms with Crippen LogP contribution < -0.4 is 0 Å². The van der Waals surface area contributed by atoms with Gasteiger partial charge in [0.05, 0.1) is 5.02 Å². The van der Waals surface area contributed by atoms with Crippen LogP contribution in [-0.4, -0.2) is 12.8 Å². The van der Waals surface area contributed by atoms with Crippen molar-refractivity contribution in [3.05, 3.63) is 81.8 Å². The molecule has 0 saturated heterocycles. The highest BCUT2D eigenvalue weighted by Gasteiger charge is 1.97. The van der Waals surface area contributed by atoms with Gasteiger partial charge in [0.25, 0.3) is 0 Å². The average molecular weight is 338 g/mol. The molecular weight excluding hydrogens is 325 g/mol. The molecule has 3 aromatic carbocycles. The highest BCUT2D eigenvalue weighted by Crippen LogP contribution is 2.19. The highest BCUT2D eigenvalue weighted by atomic mass is 35.5. The van der Waals surface area contributed by atoms with E-state index >= 15 is 0 Å². The van der Waals surface area contributed by atoms with Crippen LogP contribution >= 0.6 is 23.2 Å². The molecule has 0 aliphatic heterocycles. The number of fused-ring (bicyclic) bond motifs is 1. The van der Waals surface area contributed by atoms with Gasteiger partial charge < -0.3 is 0 Å². The number of nitrogens with zero attached hydrogens (tertiary/aromatic N) is 1. The van der Waals surface area contributed by atoms with Crippen molar-refractivity contribution < 1.29 is 0 Å². The second-order valence-corrected chi connectivity index (χ2v) is 5.84. The van der Waals surface area contributed by atoms with Crippen LogP contribution in [-0.2, 0) is 0 Å². The molecule has 0 N–H and O–H groups in total. The molecule has 0 spiro atoms. The molecule has 0 atom stereocenters. The number of hydrogen-bond acceptors (Lipinski definition) is 1. The molecule has 0 radical (unpaired) electrons. The number of halogens is 2. The Morgan fingerprint density at radius 1 is 0.913 bits per heavy atom. The summed E-state index contributed by atoms with van der Waals surface area (Å²) in [4.78, 5) is 4.28. The molecule has 0 heterocycles. The van der Waals surface area contributed by atoms with Crippen LogP contribution in [0.1, 0.15) is 11.1 Å². The Bertz CT molecular complexity index is 933. The molecule has 0 fully saturated rings. The Labute approximate surface area is 145 Å². The first-order valence-corrected chi connectivity index (χ1v) is 7.90. The van der Waals surface area contributed by atoms with Crippen LogP contribution in [0.5, 0.6) is 0 Å². The topological polar surface area (TPSA) is 12.4 Å². The molecule has 0 unspecified atom stereocenters. The summed E-state index contributed by atoms with van der Waals surface area (Å²) < 4.78 is 0. The molecule has 3 heteroatoms. The van der Waals surface area contributed by atoms with Crippen molar-refractivity contribution >= 4 is 40.2 Å². The summed E-state index contributed by atoms with van der Waals surface area (Å²) in [6, 6.07) is 19.7. The SMILES string of the molecule is Clc1ccc(C=NCC#Cc2ccc3ccccc3c2)c(Cl)c1. The molecule has 3 aromatic rings. The molecule has 0 saturated carbocycles. The van der Waals surface area contributed by atoms with Crippen LogP contribution in [0.3, 0.4) is 0 Å². The normalized spacial score (nSPS) is 10.7. The van der Waals surface area contributed by atoms with E-state index in [-0.39, 0.29) is 0 Å². The fourth-order valence-corrected chi connectivity index (χ4v) is 2.66. The van der Waals surface area contributed by atoms with Crippen LogP contribution in [0.2, 0.25) is 10.0 Å². The first-order chi connectivity index (χ1) is 11.2. The van der Waals surface area contributed by atoms with Crippen LogP contribution in [0, 0.1) is 11.8 Å². The van der Waals surface area contributed by atoms with Crippen molar-refractivity contribution in [1.29, 1.82) is 0 Å². The zero-order valence-electron chi connectivity index (χ0n) is 12.3. The summed E-state index contributed by atoms with van der Waals surface area (Å²) in [5, 5.41) is 3.61. The lowest BCUT2D eigenvalue weighted by Crippen LogP contribution is -1.84. The van der Waals surface area contributed by atoms with E-state index in [9.17, 15) is 0 Å². The Kier molecular flexibility index (Phi) is 4.98. The van der Waals surface area contributed by atoms with Crippen LogP contribution in [0.25, 0.3) is 10.8 Å². The van der Waals surface area contributed by atoms with Gasteiger partial charge in [-0.2, -0.15) is 0 Å². The molecule has 0 aromatic heterocycles. The third-order valence-corrected chi connectivity index (χ3v) is 3.91. The van der Waals surface area contributed by atoms with E-state index in [1.54, 1.807) is 18.3 Å². The van der Waals surface area contributed by atoms with Gasteiger partial charge in [-0.15, -0.1) is 0 Å². The van der Waals surface area contributed by atoms with E-state index < -0.39 is 0 Å². The van der Waals surface area contributed by atoms with Gasteiger partial charge in [0, 0.05) is 22.4 Å². The fraction of sp³-hybridized carbons (Fsp3) is 0.0500. The molecule has 3 rings (SSSR count). The fourth-order valence-electron chi connectivity index (χ4n) is 2.20. The zero-order valence-corrected chi connectivity index (χ0v) is 13.8. The van der Waals surface area contributed by atoms with E-state index in [0.717, 1.165) is 11.1 Å². The van der Waals surface area contributed by atoms with E-state index in [4.69, 9.17) is 23.2 Å². The molecule has 0 aliphatic carbocycles. The van der Waals surface area contributed by atoms with Gasteiger partial charge in [-0.3, -0.25) is 4.99 Å². The van der Waals surface area contributed by atoms with Crippen molar-refractivity contribution in [3.8, 4) is 11.8 Å². The number of aliphatic imine (C=N–C) groups is 1. The zero-order chi connectivity index (χ0) is 16.1. The number of rotatable bonds is 2. The van der Waals surface area contributed by atoms with E-state index in [0.29, 0.717) is 16.6 Å². The van der Waals surface area contributed by atoms with Crippen molar-refractivity contribution in [3.63, 3.8) is 0 Å². The second kappa shape index (κ2) is 7.33. The largest absolute Gasteiger partial charge is 0.280 e. The number of hydrogen-bond donors (Lipinski definition) is 0. The van der Waals surface area contributed by atoms with Crippen molar-refractivity contribution in [2.45, 2.75) is 0 Å². The lowest BCUT2D eigenvalue weighted by atomic mass is 10.1. The predicted octanol–water partition coefficient (Wildman–Crippen LogP) is 5.62. The van der Waals surface area contributed by atoms with Crippen molar-refractivity contribution in [1.82, 2.24) is 0 Å². The molecular formula is C20H13Cl2N. The van der Waals surface area contributed by atoms with Gasteiger partial charge in [-0.05, 0) is 35.0 Å². The minimum atomic E-state index is 0.422. The van der Waals surface area contributed by atoms with E-state index in [1.165, 1.54) is 10.8 Å². The summed E-state index contributed by atoms with van der Waals surface area (Å²) in [6.07, 6.45) is 1.72. The summed E-state index contributed by atoms with van der Waals surface area (Å²) in [5.41, 5.74) is 1.83. The lowest BCUT2D eigenvalue weighted by Gasteiger charge is -1.97. The third kappa shape index (κ3) is 4.13. The molecule has 0 bridgehead atoms. The summed E-state index contributed by atoms with van der Waals surface area (Å²) >= 11 is 11.9. The highest BCUT2D eigenvalue weighted by molar-refractivity contribution is 6.36. The molecule has 112 valence electrons. The maximum absolute atomic E-state index is 6.08. The van der Waals surface area contributed by atoms with Gasteiger partial charge in [0.2, 0.25) is 0 Å². The quantitative estimate of drug-likeness (QED) is 0.425. The average Bonchev–Trinajstić information content (AvgIpc) is 2.56. The van der Waals surface area contributed by atoms with Crippen molar-refractivity contribution in [2.75, 3.05) is 6.54 Å². The van der Waals surface area contributed by atoms with Gasteiger partial charge in [-0.1, -0.05) is 71.4 Å². The van der Waals surface area contributed by atoms with Crippen LogP contribution in [0.15, 0.2) is 65.7 Å². The van der Waals surface area contributed by atoms with Crippen LogP contribution in [0.4, 0.5) is 0 Å². The first kappa shape index (κ1) is 15.6. The Hall–Kier alpha value is -2.27. The van der Waals surface area contributed by atoms with Gasteiger partial charge >= 0.3 is 0 Å². The summed E-state index contributed by atoms with van der Waals surface area (Å²) in [7, 11) is 0. The number of benzene rings is 3. The third-order valence-electron chi connectivity index (χ3n) is 3.35. The minimum Gasteiger partial charge on any atom is -0.280 e. The Morgan fingerprint density at radius 3 is 2.57 bits per heavy atom. The summed E-state index contributed by atoms with van der Waals surface area (Å²) in [6.45, 7) is 0.422. The Morgan fingerprint density at radius 2 is 1.74 bits per heavy atom. The van der Waals surface area contributed by atoms with E-state index in [2.05, 4.69) is 41.1 Å². The molecule has 0 amide bonds. The van der Waals surface area contributed by atoms with Gasteiger partial charge in [0.1, 0.15) is 6.54 Å². The lowest BCUT2D eigenvalue weighted by molar-refractivity contribution is 1.30. The predicted molar refractivity (Wildman–Crippen MR) is 99.7 cm³/mol. The molecule has 1 nitrogen and oxygen atoms in total. The van der Waals surface area contributed by atoms with Gasteiger partial charge in [0.15, 0.2) is 0 Å². The second-order valence-electron chi connectivity index (χ2n) is 5.00. The van der Waals surface area contributed by atoms with Gasteiger partial charge in [-0.25, -0.2) is 0 Å². The maximum atomic E-state index is 6.08.